The molecule has 2 N–H and O–H groups in total. The van der Waals surface area contributed by atoms with Gasteiger partial charge in [0.2, 0.25) is 5.82 Å². The van der Waals surface area contributed by atoms with E-state index >= 15 is 0 Å². The minimum atomic E-state index is -0.124. The van der Waals surface area contributed by atoms with Gasteiger partial charge in [-0.2, -0.15) is 0 Å². The Hall–Kier alpha value is -1.43. The van der Waals surface area contributed by atoms with Crippen LogP contribution >= 0.6 is 0 Å². The van der Waals surface area contributed by atoms with Crippen LogP contribution in [-0.2, 0) is 5.41 Å². The van der Waals surface area contributed by atoms with Crippen LogP contribution in [0.3, 0.4) is 0 Å². The Bertz CT molecular complexity index is 434. The Morgan fingerprint density at radius 3 is 2.72 bits per heavy atom. The number of rotatable bonds is 1. The second-order valence-electron chi connectivity index (χ2n) is 5.81. The Morgan fingerprint density at radius 2 is 2.17 bits per heavy atom. The third-order valence-corrected chi connectivity index (χ3v) is 3.15. The van der Waals surface area contributed by atoms with E-state index in [1.165, 1.54) is 0 Å². The maximum Gasteiger partial charge on any atom is 0.293 e. The summed E-state index contributed by atoms with van der Waals surface area (Å²) in [5.41, 5.74) is -0.124. The first-order valence-corrected chi connectivity index (χ1v) is 6.34. The van der Waals surface area contributed by atoms with Gasteiger partial charge in [-0.05, 0) is 6.92 Å². The molecule has 100 valence electrons. The molecular weight excluding hydrogens is 230 g/mol. The number of H-pyrrole nitrogens is 1. The number of nitrogens with zero attached hydrogens (tertiary/aromatic N) is 3. The maximum atomic E-state index is 12.3. The lowest BCUT2D eigenvalue weighted by atomic mass is 9.96. The van der Waals surface area contributed by atoms with Crippen LogP contribution in [0.4, 0.5) is 0 Å². The van der Waals surface area contributed by atoms with Gasteiger partial charge in [-0.3, -0.25) is 9.89 Å². The summed E-state index contributed by atoms with van der Waals surface area (Å²) < 4.78 is 0. The topological polar surface area (TPSA) is 73.9 Å². The highest BCUT2D eigenvalue weighted by Gasteiger charge is 2.28. The molecule has 0 spiro atoms. The van der Waals surface area contributed by atoms with Crippen LogP contribution in [0.5, 0.6) is 0 Å². The predicted octanol–water partition coefficient (Wildman–Crippen LogP) is 0.536. The normalized spacial score (nSPS) is 21.1. The molecule has 2 heterocycles. The van der Waals surface area contributed by atoms with Crippen molar-refractivity contribution in [3.63, 3.8) is 0 Å². The average molecular weight is 251 g/mol. The summed E-state index contributed by atoms with van der Waals surface area (Å²) in [5.74, 6) is 0.929. The molecule has 1 amide bonds. The lowest BCUT2D eigenvalue weighted by Gasteiger charge is -2.33. The SMILES string of the molecule is C[C@H]1CNCCN1C(=O)c1n[nH]c(C(C)(C)C)n1. The average Bonchev–Trinajstić information content (AvgIpc) is 2.77. The van der Waals surface area contributed by atoms with Crippen LogP contribution in [0.2, 0.25) is 0 Å². The first-order chi connectivity index (χ1) is 8.39. The van der Waals surface area contributed by atoms with E-state index in [1.54, 1.807) is 0 Å². The number of amides is 1. The van der Waals surface area contributed by atoms with Crippen molar-refractivity contribution in [2.75, 3.05) is 19.6 Å². The van der Waals surface area contributed by atoms with Crippen LogP contribution in [0, 0.1) is 0 Å². The van der Waals surface area contributed by atoms with Gasteiger partial charge in [0.15, 0.2) is 0 Å². The van der Waals surface area contributed by atoms with Gasteiger partial charge in [0, 0.05) is 31.1 Å². The van der Waals surface area contributed by atoms with E-state index in [4.69, 9.17) is 0 Å². The van der Waals surface area contributed by atoms with Crippen molar-refractivity contribution in [2.45, 2.75) is 39.2 Å². The molecule has 6 heteroatoms. The fourth-order valence-electron chi connectivity index (χ4n) is 1.96. The summed E-state index contributed by atoms with van der Waals surface area (Å²) >= 11 is 0. The first-order valence-electron chi connectivity index (χ1n) is 6.34. The van der Waals surface area contributed by atoms with Gasteiger partial charge in [0.1, 0.15) is 5.82 Å². The summed E-state index contributed by atoms with van der Waals surface area (Å²) in [6.45, 7) is 10.5. The van der Waals surface area contributed by atoms with E-state index in [0.29, 0.717) is 6.54 Å². The molecule has 1 aromatic rings. The fraction of sp³-hybridized carbons (Fsp3) is 0.750. The zero-order chi connectivity index (χ0) is 13.3. The van der Waals surface area contributed by atoms with Crippen LogP contribution in [0.15, 0.2) is 0 Å². The van der Waals surface area contributed by atoms with Crippen molar-refractivity contribution in [3.05, 3.63) is 11.6 Å². The highest BCUT2D eigenvalue weighted by Crippen LogP contribution is 2.18. The van der Waals surface area contributed by atoms with Gasteiger partial charge in [-0.25, -0.2) is 4.98 Å². The Kier molecular flexibility index (Phi) is 3.38. The van der Waals surface area contributed by atoms with Gasteiger partial charge in [0.05, 0.1) is 0 Å². The largest absolute Gasteiger partial charge is 0.331 e. The molecule has 0 aromatic carbocycles. The van der Waals surface area contributed by atoms with Crippen molar-refractivity contribution in [2.24, 2.45) is 0 Å². The third kappa shape index (κ3) is 2.53. The molecule has 1 atom stereocenters. The number of aromatic nitrogens is 3. The lowest BCUT2D eigenvalue weighted by Crippen LogP contribution is -2.52. The van der Waals surface area contributed by atoms with E-state index in [1.807, 2.05) is 32.6 Å². The molecule has 0 bridgehead atoms. The number of nitrogens with one attached hydrogen (secondary N) is 2. The molecular formula is C12H21N5O. The minimum Gasteiger partial charge on any atom is -0.331 e. The van der Waals surface area contributed by atoms with Crippen LogP contribution in [0.25, 0.3) is 0 Å². The quantitative estimate of drug-likeness (QED) is 0.764. The van der Waals surface area contributed by atoms with Gasteiger partial charge >= 0.3 is 0 Å². The molecule has 2 rings (SSSR count). The van der Waals surface area contributed by atoms with E-state index < -0.39 is 0 Å². The van der Waals surface area contributed by atoms with E-state index in [9.17, 15) is 4.79 Å². The summed E-state index contributed by atoms with van der Waals surface area (Å²) in [4.78, 5) is 18.4. The number of carbonyl (C=O) groups is 1. The second-order valence-corrected chi connectivity index (χ2v) is 5.81. The summed E-state index contributed by atoms with van der Waals surface area (Å²) in [6, 6.07) is 0.183. The van der Waals surface area contributed by atoms with E-state index in [0.717, 1.165) is 18.9 Å². The Morgan fingerprint density at radius 1 is 1.44 bits per heavy atom. The molecule has 1 aromatic heterocycles. The van der Waals surface area contributed by atoms with Crippen LogP contribution < -0.4 is 5.32 Å². The van der Waals surface area contributed by atoms with E-state index in [2.05, 4.69) is 20.5 Å². The van der Waals surface area contributed by atoms with Crippen molar-refractivity contribution < 1.29 is 4.79 Å². The van der Waals surface area contributed by atoms with Crippen molar-refractivity contribution in [3.8, 4) is 0 Å². The number of piperazine rings is 1. The Balaban J connectivity index is 2.16. The molecule has 0 unspecified atom stereocenters. The second kappa shape index (κ2) is 4.68. The number of hydrogen-bond donors (Lipinski definition) is 2. The van der Waals surface area contributed by atoms with Crippen molar-refractivity contribution in [1.29, 1.82) is 0 Å². The Labute approximate surface area is 107 Å². The molecule has 1 fully saturated rings. The summed E-state index contributed by atoms with van der Waals surface area (Å²) in [5, 5.41) is 10.2. The molecule has 1 saturated heterocycles. The first kappa shape index (κ1) is 13.0. The number of aromatic amines is 1. The maximum absolute atomic E-state index is 12.3. The zero-order valence-electron chi connectivity index (χ0n) is 11.4. The smallest absolute Gasteiger partial charge is 0.293 e. The van der Waals surface area contributed by atoms with Gasteiger partial charge in [-0.15, -0.1) is 5.10 Å². The number of hydrogen-bond acceptors (Lipinski definition) is 4. The van der Waals surface area contributed by atoms with E-state index in [-0.39, 0.29) is 23.2 Å². The zero-order valence-corrected chi connectivity index (χ0v) is 11.4. The highest BCUT2D eigenvalue weighted by atomic mass is 16.2. The minimum absolute atomic E-state index is 0.0873. The molecule has 0 aliphatic carbocycles. The molecule has 0 saturated carbocycles. The van der Waals surface area contributed by atoms with Crippen molar-refractivity contribution >= 4 is 5.91 Å². The lowest BCUT2D eigenvalue weighted by molar-refractivity contribution is 0.0643. The molecule has 6 nitrogen and oxygen atoms in total. The summed E-state index contributed by atoms with van der Waals surface area (Å²) in [7, 11) is 0. The predicted molar refractivity (Wildman–Crippen MR) is 68.5 cm³/mol. The monoisotopic (exact) mass is 251 g/mol. The van der Waals surface area contributed by atoms with Crippen molar-refractivity contribution in [1.82, 2.24) is 25.4 Å². The van der Waals surface area contributed by atoms with Gasteiger partial charge in [0.25, 0.3) is 5.91 Å². The van der Waals surface area contributed by atoms with Crippen LogP contribution in [0.1, 0.15) is 44.1 Å². The molecule has 1 aliphatic rings. The van der Waals surface area contributed by atoms with Crippen LogP contribution in [-0.4, -0.2) is 51.7 Å². The fourth-order valence-corrected chi connectivity index (χ4v) is 1.96. The molecule has 1 aliphatic heterocycles. The van der Waals surface area contributed by atoms with Gasteiger partial charge < -0.3 is 10.2 Å². The third-order valence-electron chi connectivity index (χ3n) is 3.15. The molecule has 0 radical (unpaired) electrons. The molecule has 18 heavy (non-hydrogen) atoms. The highest BCUT2D eigenvalue weighted by molar-refractivity contribution is 5.90. The standard InChI is InChI=1S/C12H21N5O/c1-8-7-13-5-6-17(8)10(18)9-14-11(16-15-9)12(2,3)4/h8,13H,5-7H2,1-4H3,(H,14,15,16)/t8-/m0/s1. The van der Waals surface area contributed by atoms with Gasteiger partial charge in [-0.1, -0.05) is 20.8 Å². The number of carbonyl (C=O) groups excluding carboxylic acids is 1. The summed E-state index contributed by atoms with van der Waals surface area (Å²) in [6.07, 6.45) is 0.